The third kappa shape index (κ3) is 4.28. The minimum absolute atomic E-state index is 0.152. The van der Waals surface area contributed by atoms with Gasteiger partial charge in [-0.05, 0) is 30.9 Å². The standard InChI is InChI=1S/C14H24N2O2S2/c1-4-5-11-8-13(11)16-20(17,18)14-7-6-12(19-14)9-15-10(2)3/h6-7,10-11,13,15-16H,4-5,8-9H2,1-3H3. The Labute approximate surface area is 126 Å². The number of hydrogen-bond acceptors (Lipinski definition) is 4. The highest BCUT2D eigenvalue weighted by atomic mass is 32.2. The number of sulfonamides is 1. The summed E-state index contributed by atoms with van der Waals surface area (Å²) in [5.41, 5.74) is 0. The fourth-order valence-corrected chi connectivity index (χ4v) is 4.88. The Morgan fingerprint density at radius 3 is 2.80 bits per heavy atom. The molecule has 1 saturated carbocycles. The Balaban J connectivity index is 1.93. The first-order chi connectivity index (χ1) is 9.42. The van der Waals surface area contributed by atoms with Crippen LogP contribution in [-0.4, -0.2) is 20.5 Å². The zero-order chi connectivity index (χ0) is 14.8. The molecule has 1 heterocycles. The van der Waals surface area contributed by atoms with Crippen LogP contribution in [0.1, 0.15) is 44.9 Å². The van der Waals surface area contributed by atoms with Gasteiger partial charge in [-0.15, -0.1) is 11.3 Å². The van der Waals surface area contributed by atoms with Crippen LogP contribution in [0, 0.1) is 5.92 Å². The minimum atomic E-state index is -3.33. The molecule has 2 unspecified atom stereocenters. The molecule has 6 heteroatoms. The summed E-state index contributed by atoms with van der Waals surface area (Å²) < 4.78 is 27.8. The van der Waals surface area contributed by atoms with Crippen molar-refractivity contribution in [3.8, 4) is 0 Å². The zero-order valence-electron chi connectivity index (χ0n) is 12.3. The van der Waals surface area contributed by atoms with Crippen molar-refractivity contribution in [1.82, 2.24) is 10.0 Å². The largest absolute Gasteiger partial charge is 0.310 e. The van der Waals surface area contributed by atoms with Gasteiger partial charge in [0.2, 0.25) is 10.0 Å². The van der Waals surface area contributed by atoms with Gasteiger partial charge in [0.15, 0.2) is 0 Å². The molecule has 1 aromatic rings. The van der Waals surface area contributed by atoms with Gasteiger partial charge in [-0.3, -0.25) is 0 Å². The van der Waals surface area contributed by atoms with Crippen molar-refractivity contribution in [3.63, 3.8) is 0 Å². The Kier molecular flexibility index (Phi) is 5.23. The summed E-state index contributed by atoms with van der Waals surface area (Å²) in [6.45, 7) is 7.01. The molecule has 0 bridgehead atoms. The highest BCUT2D eigenvalue weighted by Gasteiger charge is 2.39. The van der Waals surface area contributed by atoms with E-state index in [-0.39, 0.29) is 6.04 Å². The zero-order valence-corrected chi connectivity index (χ0v) is 14.0. The Morgan fingerprint density at radius 1 is 1.40 bits per heavy atom. The molecule has 0 amide bonds. The van der Waals surface area contributed by atoms with Gasteiger partial charge >= 0.3 is 0 Å². The molecule has 0 aromatic carbocycles. The van der Waals surface area contributed by atoms with E-state index in [9.17, 15) is 8.42 Å². The van der Waals surface area contributed by atoms with E-state index in [4.69, 9.17) is 0 Å². The maximum Gasteiger partial charge on any atom is 0.250 e. The van der Waals surface area contributed by atoms with Crippen molar-refractivity contribution in [3.05, 3.63) is 17.0 Å². The Morgan fingerprint density at radius 2 is 2.15 bits per heavy atom. The summed E-state index contributed by atoms with van der Waals surface area (Å²) >= 11 is 1.35. The fraction of sp³-hybridized carbons (Fsp3) is 0.714. The molecule has 114 valence electrons. The molecule has 20 heavy (non-hydrogen) atoms. The normalized spacial score (nSPS) is 22.4. The third-order valence-electron chi connectivity index (χ3n) is 3.47. The lowest BCUT2D eigenvalue weighted by Gasteiger charge is -2.06. The lowest BCUT2D eigenvalue weighted by molar-refractivity contribution is 0.575. The summed E-state index contributed by atoms with van der Waals surface area (Å²) in [6, 6.07) is 4.16. The van der Waals surface area contributed by atoms with Crippen LogP contribution in [0.5, 0.6) is 0 Å². The molecular formula is C14H24N2O2S2. The second-order valence-electron chi connectivity index (χ2n) is 5.77. The molecule has 0 radical (unpaired) electrons. The minimum Gasteiger partial charge on any atom is -0.310 e. The lowest BCUT2D eigenvalue weighted by Crippen LogP contribution is -2.26. The van der Waals surface area contributed by atoms with Crippen molar-refractivity contribution < 1.29 is 8.42 Å². The van der Waals surface area contributed by atoms with Gasteiger partial charge in [-0.2, -0.15) is 0 Å². The van der Waals surface area contributed by atoms with E-state index < -0.39 is 10.0 Å². The van der Waals surface area contributed by atoms with Crippen LogP contribution in [0.4, 0.5) is 0 Å². The maximum atomic E-state index is 12.3. The second-order valence-corrected chi connectivity index (χ2v) is 8.88. The van der Waals surface area contributed by atoms with Crippen LogP contribution in [-0.2, 0) is 16.6 Å². The molecule has 0 saturated heterocycles. The van der Waals surface area contributed by atoms with E-state index in [1.807, 2.05) is 6.07 Å². The molecule has 2 atom stereocenters. The topological polar surface area (TPSA) is 58.2 Å². The van der Waals surface area contributed by atoms with Gasteiger partial charge in [0, 0.05) is 23.5 Å². The van der Waals surface area contributed by atoms with E-state index in [1.54, 1.807) is 6.07 Å². The first-order valence-electron chi connectivity index (χ1n) is 7.26. The van der Waals surface area contributed by atoms with E-state index in [0.717, 1.165) is 30.7 Å². The van der Waals surface area contributed by atoms with Crippen LogP contribution in [0.3, 0.4) is 0 Å². The highest BCUT2D eigenvalue weighted by Crippen LogP contribution is 2.36. The number of thiophene rings is 1. The Hall–Kier alpha value is -0.430. The quantitative estimate of drug-likeness (QED) is 0.775. The van der Waals surface area contributed by atoms with Gasteiger partial charge in [0.25, 0.3) is 0 Å². The van der Waals surface area contributed by atoms with E-state index in [2.05, 4.69) is 30.8 Å². The van der Waals surface area contributed by atoms with Crippen molar-refractivity contribution >= 4 is 21.4 Å². The molecule has 1 aromatic heterocycles. The first kappa shape index (κ1) is 15.9. The predicted molar refractivity (Wildman–Crippen MR) is 83.4 cm³/mol. The molecule has 0 spiro atoms. The highest BCUT2D eigenvalue weighted by molar-refractivity contribution is 7.91. The monoisotopic (exact) mass is 316 g/mol. The van der Waals surface area contributed by atoms with Crippen LogP contribution in [0.25, 0.3) is 0 Å². The second kappa shape index (κ2) is 6.56. The van der Waals surface area contributed by atoms with E-state index in [0.29, 0.717) is 16.2 Å². The molecule has 2 N–H and O–H groups in total. The van der Waals surface area contributed by atoms with Gasteiger partial charge in [-0.1, -0.05) is 27.2 Å². The molecule has 1 aliphatic carbocycles. The average Bonchev–Trinajstić information content (AvgIpc) is 2.91. The van der Waals surface area contributed by atoms with Crippen LogP contribution in [0.15, 0.2) is 16.3 Å². The first-order valence-corrected chi connectivity index (χ1v) is 9.56. The summed E-state index contributed by atoms with van der Waals surface area (Å²) in [6.07, 6.45) is 3.22. The molecule has 1 aliphatic rings. The number of rotatable bonds is 8. The lowest BCUT2D eigenvalue weighted by atomic mass is 10.2. The SMILES string of the molecule is CCCC1CC1NS(=O)(=O)c1ccc(CNC(C)C)s1. The van der Waals surface area contributed by atoms with Gasteiger partial charge < -0.3 is 5.32 Å². The van der Waals surface area contributed by atoms with Crippen LogP contribution < -0.4 is 10.0 Å². The molecule has 1 fully saturated rings. The molecular weight excluding hydrogens is 292 g/mol. The summed E-state index contributed by atoms with van der Waals surface area (Å²) in [4.78, 5) is 1.06. The number of hydrogen-bond donors (Lipinski definition) is 2. The molecule has 0 aliphatic heterocycles. The molecule has 4 nitrogen and oxygen atoms in total. The van der Waals surface area contributed by atoms with Crippen molar-refractivity contribution in [2.24, 2.45) is 5.92 Å². The van der Waals surface area contributed by atoms with Crippen molar-refractivity contribution in [1.29, 1.82) is 0 Å². The van der Waals surface area contributed by atoms with Crippen molar-refractivity contribution in [2.75, 3.05) is 0 Å². The Bertz CT molecular complexity index is 537. The predicted octanol–water partition coefficient (Wildman–Crippen LogP) is 2.71. The fourth-order valence-electron chi connectivity index (χ4n) is 2.24. The van der Waals surface area contributed by atoms with Crippen molar-refractivity contribution in [2.45, 2.75) is 62.9 Å². The maximum absolute atomic E-state index is 12.3. The third-order valence-corrected chi connectivity index (χ3v) is 6.54. The van der Waals surface area contributed by atoms with E-state index >= 15 is 0 Å². The summed E-state index contributed by atoms with van der Waals surface area (Å²) in [5.74, 6) is 0.539. The van der Waals surface area contributed by atoms with Gasteiger partial charge in [-0.25, -0.2) is 13.1 Å². The van der Waals surface area contributed by atoms with E-state index in [1.165, 1.54) is 11.3 Å². The average molecular weight is 316 g/mol. The summed E-state index contributed by atoms with van der Waals surface area (Å²) in [7, 11) is -3.33. The summed E-state index contributed by atoms with van der Waals surface area (Å²) in [5, 5.41) is 3.30. The number of nitrogens with one attached hydrogen (secondary N) is 2. The smallest absolute Gasteiger partial charge is 0.250 e. The van der Waals surface area contributed by atoms with Gasteiger partial charge in [0.05, 0.1) is 0 Å². The molecule has 2 rings (SSSR count). The van der Waals surface area contributed by atoms with Crippen LogP contribution >= 0.6 is 11.3 Å². The van der Waals surface area contributed by atoms with Crippen LogP contribution in [0.2, 0.25) is 0 Å². The van der Waals surface area contributed by atoms with Gasteiger partial charge in [0.1, 0.15) is 4.21 Å².